The van der Waals surface area contributed by atoms with E-state index < -0.39 is 0 Å². The number of carbonyl (C=O) groups is 1. The van der Waals surface area contributed by atoms with Crippen molar-refractivity contribution in [3.05, 3.63) is 18.4 Å². The molecular formula is C11H16N2O2. The van der Waals surface area contributed by atoms with E-state index >= 15 is 0 Å². The zero-order valence-electron chi connectivity index (χ0n) is 8.98. The van der Waals surface area contributed by atoms with E-state index in [0.717, 1.165) is 31.8 Å². The fourth-order valence-corrected chi connectivity index (χ4v) is 2.02. The van der Waals surface area contributed by atoms with Crippen molar-refractivity contribution in [1.29, 1.82) is 0 Å². The monoisotopic (exact) mass is 208 g/mol. The molecule has 4 heteroatoms. The minimum atomic E-state index is -0.0259. The molecule has 4 nitrogen and oxygen atoms in total. The SMILES string of the molecule is CCC1CCN(C(=O)c2cnco2)CC1. The number of piperidine rings is 1. The molecule has 0 saturated carbocycles. The smallest absolute Gasteiger partial charge is 0.291 e. The predicted molar refractivity (Wildman–Crippen MR) is 55.4 cm³/mol. The maximum absolute atomic E-state index is 11.8. The lowest BCUT2D eigenvalue weighted by Crippen LogP contribution is -2.38. The van der Waals surface area contributed by atoms with Crippen LogP contribution in [0.2, 0.25) is 0 Å². The van der Waals surface area contributed by atoms with Gasteiger partial charge in [0.2, 0.25) is 5.76 Å². The Labute approximate surface area is 89.3 Å². The first kappa shape index (κ1) is 10.2. The van der Waals surface area contributed by atoms with Gasteiger partial charge in [-0.2, -0.15) is 0 Å². The summed E-state index contributed by atoms with van der Waals surface area (Å²) in [6.07, 6.45) is 6.21. The topological polar surface area (TPSA) is 46.3 Å². The maximum atomic E-state index is 11.8. The molecule has 82 valence electrons. The normalized spacial score (nSPS) is 18.1. The summed E-state index contributed by atoms with van der Waals surface area (Å²) in [4.78, 5) is 17.5. The molecule has 0 atom stereocenters. The second-order valence-electron chi connectivity index (χ2n) is 4.01. The molecule has 1 aliphatic heterocycles. The van der Waals surface area contributed by atoms with Crippen LogP contribution < -0.4 is 0 Å². The maximum Gasteiger partial charge on any atom is 0.291 e. The van der Waals surface area contributed by atoms with Crippen LogP contribution in [0.1, 0.15) is 36.7 Å². The van der Waals surface area contributed by atoms with Crippen molar-refractivity contribution in [2.45, 2.75) is 26.2 Å². The van der Waals surface area contributed by atoms with Gasteiger partial charge in [-0.1, -0.05) is 13.3 Å². The fourth-order valence-electron chi connectivity index (χ4n) is 2.02. The summed E-state index contributed by atoms with van der Waals surface area (Å²) in [6.45, 7) is 3.90. The van der Waals surface area contributed by atoms with Crippen LogP contribution >= 0.6 is 0 Å². The van der Waals surface area contributed by atoms with Crippen molar-refractivity contribution in [3.63, 3.8) is 0 Å². The summed E-state index contributed by atoms with van der Waals surface area (Å²) in [6, 6.07) is 0. The standard InChI is InChI=1S/C11H16N2O2/c1-2-9-3-5-13(6-4-9)11(14)10-7-12-8-15-10/h7-9H,2-6H2,1H3. The minimum Gasteiger partial charge on any atom is -0.438 e. The van der Waals surface area contributed by atoms with Gasteiger partial charge in [0.15, 0.2) is 6.39 Å². The Morgan fingerprint density at radius 3 is 2.87 bits per heavy atom. The number of likely N-dealkylation sites (tertiary alicyclic amines) is 1. The van der Waals surface area contributed by atoms with Crippen LogP contribution in [0.5, 0.6) is 0 Å². The molecule has 1 fully saturated rings. The van der Waals surface area contributed by atoms with E-state index in [-0.39, 0.29) is 5.91 Å². The van der Waals surface area contributed by atoms with Gasteiger partial charge < -0.3 is 9.32 Å². The van der Waals surface area contributed by atoms with E-state index in [0.29, 0.717) is 5.76 Å². The van der Waals surface area contributed by atoms with Crippen LogP contribution in [-0.4, -0.2) is 28.9 Å². The van der Waals surface area contributed by atoms with Crippen molar-refractivity contribution in [2.24, 2.45) is 5.92 Å². The Bertz CT molecular complexity index is 313. The van der Waals surface area contributed by atoms with Gasteiger partial charge in [0.25, 0.3) is 5.91 Å². The van der Waals surface area contributed by atoms with Crippen LogP contribution in [0.4, 0.5) is 0 Å². The number of nitrogens with zero attached hydrogens (tertiary/aromatic N) is 2. The van der Waals surface area contributed by atoms with Crippen LogP contribution in [-0.2, 0) is 0 Å². The molecule has 0 aromatic carbocycles. The highest BCUT2D eigenvalue weighted by molar-refractivity contribution is 5.91. The van der Waals surface area contributed by atoms with Crippen LogP contribution in [0.25, 0.3) is 0 Å². The summed E-state index contributed by atoms with van der Waals surface area (Å²) in [5.74, 6) is 1.11. The van der Waals surface area contributed by atoms with E-state index in [1.165, 1.54) is 19.0 Å². The van der Waals surface area contributed by atoms with Crippen LogP contribution in [0.3, 0.4) is 0 Å². The second kappa shape index (κ2) is 4.47. The Hall–Kier alpha value is -1.32. The Kier molecular flexibility index (Phi) is 3.04. The third-order valence-electron chi connectivity index (χ3n) is 3.12. The summed E-state index contributed by atoms with van der Waals surface area (Å²) in [7, 11) is 0. The third-order valence-corrected chi connectivity index (χ3v) is 3.12. The summed E-state index contributed by atoms with van der Waals surface area (Å²) in [5, 5.41) is 0. The van der Waals surface area contributed by atoms with Crippen molar-refractivity contribution < 1.29 is 9.21 Å². The molecule has 2 rings (SSSR count). The van der Waals surface area contributed by atoms with E-state index in [1.807, 2.05) is 4.90 Å². The molecule has 1 amide bonds. The van der Waals surface area contributed by atoms with E-state index in [4.69, 9.17) is 4.42 Å². The van der Waals surface area contributed by atoms with Gasteiger partial charge in [-0.05, 0) is 18.8 Å². The second-order valence-corrected chi connectivity index (χ2v) is 4.01. The van der Waals surface area contributed by atoms with Gasteiger partial charge in [-0.25, -0.2) is 4.98 Å². The van der Waals surface area contributed by atoms with E-state index in [9.17, 15) is 4.79 Å². The van der Waals surface area contributed by atoms with E-state index in [1.54, 1.807) is 0 Å². The first-order valence-corrected chi connectivity index (χ1v) is 5.49. The van der Waals surface area contributed by atoms with Gasteiger partial charge in [0, 0.05) is 13.1 Å². The number of carbonyl (C=O) groups excluding carboxylic acids is 1. The molecule has 1 aromatic heterocycles. The highest BCUT2D eigenvalue weighted by atomic mass is 16.3. The zero-order chi connectivity index (χ0) is 10.7. The number of hydrogen-bond donors (Lipinski definition) is 0. The average Bonchev–Trinajstić information content (AvgIpc) is 2.82. The highest BCUT2D eigenvalue weighted by Gasteiger charge is 2.24. The molecule has 1 aliphatic rings. The summed E-state index contributed by atoms with van der Waals surface area (Å²) < 4.78 is 5.00. The molecule has 1 saturated heterocycles. The lowest BCUT2D eigenvalue weighted by molar-refractivity contribution is 0.0657. The molecule has 0 N–H and O–H groups in total. The lowest BCUT2D eigenvalue weighted by Gasteiger charge is -2.30. The molecule has 0 bridgehead atoms. The molecule has 0 spiro atoms. The van der Waals surface area contributed by atoms with E-state index in [2.05, 4.69) is 11.9 Å². The first-order chi connectivity index (χ1) is 7.31. The third kappa shape index (κ3) is 2.19. The summed E-state index contributed by atoms with van der Waals surface area (Å²) >= 11 is 0. The number of aromatic nitrogens is 1. The Balaban J connectivity index is 1.93. The number of rotatable bonds is 2. The molecular weight excluding hydrogens is 192 g/mol. The first-order valence-electron chi connectivity index (χ1n) is 5.49. The molecule has 15 heavy (non-hydrogen) atoms. The molecule has 0 unspecified atom stereocenters. The fraction of sp³-hybridized carbons (Fsp3) is 0.636. The molecule has 2 heterocycles. The quantitative estimate of drug-likeness (QED) is 0.746. The Morgan fingerprint density at radius 2 is 2.33 bits per heavy atom. The minimum absolute atomic E-state index is 0.0259. The Morgan fingerprint density at radius 1 is 1.60 bits per heavy atom. The van der Waals surface area contributed by atoms with Crippen LogP contribution in [0, 0.1) is 5.92 Å². The van der Waals surface area contributed by atoms with Crippen molar-refractivity contribution >= 4 is 5.91 Å². The van der Waals surface area contributed by atoms with Gasteiger partial charge >= 0.3 is 0 Å². The molecule has 1 aromatic rings. The van der Waals surface area contributed by atoms with Crippen molar-refractivity contribution in [1.82, 2.24) is 9.88 Å². The zero-order valence-corrected chi connectivity index (χ0v) is 8.98. The number of amides is 1. The molecule has 0 radical (unpaired) electrons. The molecule has 0 aliphatic carbocycles. The van der Waals surface area contributed by atoms with Gasteiger partial charge in [0.1, 0.15) is 0 Å². The largest absolute Gasteiger partial charge is 0.438 e. The van der Waals surface area contributed by atoms with Crippen LogP contribution in [0.15, 0.2) is 17.0 Å². The summed E-state index contributed by atoms with van der Waals surface area (Å²) in [5.41, 5.74) is 0. The van der Waals surface area contributed by atoms with Crippen molar-refractivity contribution in [3.8, 4) is 0 Å². The van der Waals surface area contributed by atoms with Crippen molar-refractivity contribution in [2.75, 3.05) is 13.1 Å². The average molecular weight is 208 g/mol. The lowest BCUT2D eigenvalue weighted by atomic mass is 9.94. The highest BCUT2D eigenvalue weighted by Crippen LogP contribution is 2.21. The van der Waals surface area contributed by atoms with Gasteiger partial charge in [0.05, 0.1) is 6.20 Å². The number of oxazole rings is 1. The number of hydrogen-bond acceptors (Lipinski definition) is 3. The van der Waals surface area contributed by atoms with Gasteiger partial charge in [-0.3, -0.25) is 4.79 Å². The predicted octanol–water partition coefficient (Wildman–Crippen LogP) is 1.94. The van der Waals surface area contributed by atoms with Gasteiger partial charge in [-0.15, -0.1) is 0 Å².